The van der Waals surface area contributed by atoms with Crippen LogP contribution in [0.4, 0.5) is 5.82 Å². The van der Waals surface area contributed by atoms with E-state index in [-0.39, 0.29) is 0 Å². The highest BCUT2D eigenvalue weighted by atomic mass is 79.9. The minimum Gasteiger partial charge on any atom is -0.373 e. The molecule has 0 amide bonds. The van der Waals surface area contributed by atoms with Crippen LogP contribution in [0.2, 0.25) is 0 Å². The SMILES string of the molecule is CNc1cc(Br)ccn1. The quantitative estimate of drug-likeness (QED) is 0.725. The van der Waals surface area contributed by atoms with Crippen LogP contribution >= 0.6 is 15.9 Å². The van der Waals surface area contributed by atoms with Crippen LogP contribution in [-0.4, -0.2) is 12.0 Å². The van der Waals surface area contributed by atoms with Crippen molar-refractivity contribution >= 4 is 21.7 Å². The van der Waals surface area contributed by atoms with Crippen molar-refractivity contribution in [3.05, 3.63) is 22.8 Å². The van der Waals surface area contributed by atoms with Crippen LogP contribution in [0.5, 0.6) is 0 Å². The van der Waals surface area contributed by atoms with Gasteiger partial charge in [-0.25, -0.2) is 4.98 Å². The molecule has 0 atom stereocenters. The summed E-state index contributed by atoms with van der Waals surface area (Å²) in [6.45, 7) is 0. The third-order valence-electron chi connectivity index (χ3n) is 0.978. The van der Waals surface area contributed by atoms with Crippen LogP contribution in [0, 0.1) is 0 Å². The molecule has 0 aliphatic rings. The molecule has 0 spiro atoms. The summed E-state index contributed by atoms with van der Waals surface area (Å²) in [4.78, 5) is 4.02. The Kier molecular flexibility index (Phi) is 2.05. The highest BCUT2D eigenvalue weighted by Gasteiger charge is 1.87. The Morgan fingerprint density at radius 2 is 2.44 bits per heavy atom. The van der Waals surface area contributed by atoms with E-state index in [1.165, 1.54) is 0 Å². The van der Waals surface area contributed by atoms with Crippen LogP contribution in [0.1, 0.15) is 0 Å². The smallest absolute Gasteiger partial charge is 0.126 e. The van der Waals surface area contributed by atoms with E-state index in [0.717, 1.165) is 10.3 Å². The number of nitrogens with one attached hydrogen (secondary N) is 1. The Bertz CT molecular complexity index is 200. The largest absolute Gasteiger partial charge is 0.373 e. The predicted molar refractivity (Wildman–Crippen MR) is 41.5 cm³/mol. The van der Waals surface area contributed by atoms with Crippen molar-refractivity contribution in [2.75, 3.05) is 12.4 Å². The molecule has 3 heteroatoms. The lowest BCUT2D eigenvalue weighted by molar-refractivity contribution is 1.28. The molecule has 1 N–H and O–H groups in total. The molecule has 0 aliphatic carbocycles. The van der Waals surface area contributed by atoms with E-state index in [2.05, 4.69) is 26.2 Å². The van der Waals surface area contributed by atoms with Gasteiger partial charge in [-0.1, -0.05) is 15.9 Å². The summed E-state index contributed by atoms with van der Waals surface area (Å²) in [6.07, 6.45) is 1.75. The van der Waals surface area contributed by atoms with Crippen molar-refractivity contribution in [2.45, 2.75) is 0 Å². The molecule has 0 bridgehead atoms. The second kappa shape index (κ2) is 2.82. The second-order valence-electron chi connectivity index (χ2n) is 1.61. The number of aromatic nitrogens is 1. The minimum atomic E-state index is 0.879. The lowest BCUT2D eigenvalue weighted by Crippen LogP contribution is -1.89. The zero-order valence-electron chi connectivity index (χ0n) is 5.06. The van der Waals surface area contributed by atoms with Gasteiger partial charge in [-0.3, -0.25) is 0 Å². The van der Waals surface area contributed by atoms with E-state index in [1.54, 1.807) is 6.20 Å². The van der Waals surface area contributed by atoms with Crippen molar-refractivity contribution in [2.24, 2.45) is 0 Å². The molecule has 0 saturated carbocycles. The number of nitrogens with zero attached hydrogens (tertiary/aromatic N) is 1. The van der Waals surface area contributed by atoms with E-state index in [9.17, 15) is 0 Å². The number of pyridine rings is 1. The molecule has 1 rings (SSSR count). The van der Waals surface area contributed by atoms with Crippen molar-refractivity contribution in [3.63, 3.8) is 0 Å². The molecule has 0 radical (unpaired) electrons. The van der Waals surface area contributed by atoms with E-state index < -0.39 is 0 Å². The van der Waals surface area contributed by atoms with Gasteiger partial charge in [0.2, 0.25) is 0 Å². The molecule has 0 saturated heterocycles. The zero-order chi connectivity index (χ0) is 6.69. The molecule has 0 aliphatic heterocycles. The van der Waals surface area contributed by atoms with Gasteiger partial charge < -0.3 is 5.32 Å². The highest BCUT2D eigenvalue weighted by Crippen LogP contribution is 2.11. The third kappa shape index (κ3) is 1.68. The van der Waals surface area contributed by atoms with Gasteiger partial charge in [0.1, 0.15) is 5.82 Å². The summed E-state index contributed by atoms with van der Waals surface area (Å²) in [5, 5.41) is 2.93. The summed E-state index contributed by atoms with van der Waals surface area (Å²) < 4.78 is 1.04. The van der Waals surface area contributed by atoms with Crippen LogP contribution in [0.15, 0.2) is 22.8 Å². The molecule has 0 aromatic carbocycles. The van der Waals surface area contributed by atoms with Crippen LogP contribution in [-0.2, 0) is 0 Å². The van der Waals surface area contributed by atoms with Crippen molar-refractivity contribution in [1.29, 1.82) is 0 Å². The second-order valence-corrected chi connectivity index (χ2v) is 2.52. The van der Waals surface area contributed by atoms with Gasteiger partial charge in [-0.2, -0.15) is 0 Å². The average molecular weight is 187 g/mol. The Balaban J connectivity index is 2.94. The standard InChI is InChI=1S/C6H7BrN2/c1-8-6-4-5(7)2-3-9-6/h2-4H,1H3,(H,8,9). The van der Waals surface area contributed by atoms with E-state index in [0.29, 0.717) is 0 Å². The maximum Gasteiger partial charge on any atom is 0.126 e. The molecule has 1 aromatic rings. The molecular weight excluding hydrogens is 180 g/mol. The predicted octanol–water partition coefficient (Wildman–Crippen LogP) is 1.89. The first-order valence-corrected chi connectivity index (χ1v) is 3.41. The van der Waals surface area contributed by atoms with Crippen LogP contribution < -0.4 is 5.32 Å². The summed E-state index contributed by atoms with van der Waals surface area (Å²) in [6, 6.07) is 3.81. The van der Waals surface area contributed by atoms with E-state index in [1.807, 2.05) is 19.2 Å². The molecule has 9 heavy (non-hydrogen) atoms. The minimum absolute atomic E-state index is 0.879. The Labute approximate surface area is 62.4 Å². The van der Waals surface area contributed by atoms with Gasteiger partial charge in [0.25, 0.3) is 0 Å². The Hall–Kier alpha value is -0.570. The van der Waals surface area contributed by atoms with Crippen molar-refractivity contribution in [3.8, 4) is 0 Å². The van der Waals surface area contributed by atoms with Crippen molar-refractivity contribution in [1.82, 2.24) is 4.98 Å². The average Bonchev–Trinajstić information content (AvgIpc) is 1.88. The summed E-state index contributed by atoms with van der Waals surface area (Å²) in [5.41, 5.74) is 0. The summed E-state index contributed by atoms with van der Waals surface area (Å²) >= 11 is 3.32. The van der Waals surface area contributed by atoms with Crippen LogP contribution in [0.25, 0.3) is 0 Å². The van der Waals surface area contributed by atoms with Gasteiger partial charge in [0, 0.05) is 17.7 Å². The lowest BCUT2D eigenvalue weighted by Gasteiger charge is -1.96. The number of hydrogen-bond acceptors (Lipinski definition) is 2. The third-order valence-corrected chi connectivity index (χ3v) is 1.47. The number of hydrogen-bond donors (Lipinski definition) is 1. The molecule has 2 nitrogen and oxygen atoms in total. The maximum absolute atomic E-state index is 4.02. The molecular formula is C6H7BrN2. The van der Waals surface area contributed by atoms with Gasteiger partial charge in [-0.15, -0.1) is 0 Å². The van der Waals surface area contributed by atoms with Gasteiger partial charge in [0.15, 0.2) is 0 Å². The van der Waals surface area contributed by atoms with Crippen LogP contribution in [0.3, 0.4) is 0 Å². The van der Waals surface area contributed by atoms with Gasteiger partial charge >= 0.3 is 0 Å². The first kappa shape index (κ1) is 6.55. The molecule has 48 valence electrons. The number of halogens is 1. The summed E-state index contributed by atoms with van der Waals surface area (Å²) in [5.74, 6) is 0.879. The van der Waals surface area contributed by atoms with E-state index >= 15 is 0 Å². The fourth-order valence-electron chi connectivity index (χ4n) is 0.541. The number of rotatable bonds is 1. The Morgan fingerprint density at radius 3 is 2.89 bits per heavy atom. The van der Waals surface area contributed by atoms with Gasteiger partial charge in [-0.05, 0) is 12.1 Å². The molecule has 0 fully saturated rings. The normalized spacial score (nSPS) is 9.11. The fourth-order valence-corrected chi connectivity index (χ4v) is 0.877. The first-order valence-electron chi connectivity index (χ1n) is 2.62. The highest BCUT2D eigenvalue weighted by molar-refractivity contribution is 9.10. The fraction of sp³-hybridized carbons (Fsp3) is 0.167. The van der Waals surface area contributed by atoms with Crippen molar-refractivity contribution < 1.29 is 0 Å². The molecule has 1 aromatic heterocycles. The Morgan fingerprint density at radius 1 is 1.67 bits per heavy atom. The first-order chi connectivity index (χ1) is 4.33. The molecule has 1 heterocycles. The number of anilines is 1. The van der Waals surface area contributed by atoms with E-state index in [4.69, 9.17) is 0 Å². The monoisotopic (exact) mass is 186 g/mol. The van der Waals surface area contributed by atoms with Gasteiger partial charge in [0.05, 0.1) is 0 Å². The molecule has 0 unspecified atom stereocenters. The lowest BCUT2D eigenvalue weighted by atomic mass is 10.5. The maximum atomic E-state index is 4.02. The topological polar surface area (TPSA) is 24.9 Å². The summed E-state index contributed by atoms with van der Waals surface area (Å²) in [7, 11) is 1.84. The zero-order valence-corrected chi connectivity index (χ0v) is 6.64.